The number of nitrogens with zero attached hydrogens (tertiary/aromatic N) is 2. The molecule has 0 aliphatic carbocycles. The molecular weight excluding hydrogens is 284 g/mol. The predicted octanol–water partition coefficient (Wildman–Crippen LogP) is 2.10. The van der Waals surface area contributed by atoms with Gasteiger partial charge in [0.05, 0.1) is 5.56 Å². The molecule has 6 heteroatoms. The summed E-state index contributed by atoms with van der Waals surface area (Å²) in [6, 6.07) is 4.14. The van der Waals surface area contributed by atoms with Crippen LogP contribution in [0.5, 0.6) is 0 Å². The minimum atomic E-state index is -0.987. The number of carboxylic acid groups (broad SMARTS) is 2. The number of hydrogen-bond donors (Lipinski definition) is 2. The summed E-state index contributed by atoms with van der Waals surface area (Å²) < 4.78 is 1.79. The highest BCUT2D eigenvalue weighted by Gasteiger charge is 2.31. The molecule has 0 spiro atoms. The van der Waals surface area contributed by atoms with Crippen molar-refractivity contribution in [3.8, 4) is 0 Å². The molecule has 1 saturated heterocycles. The maximum atomic E-state index is 11.8. The highest BCUT2D eigenvalue weighted by atomic mass is 16.4. The minimum Gasteiger partial charge on any atom is -0.480 e. The largest absolute Gasteiger partial charge is 0.480 e. The summed E-state index contributed by atoms with van der Waals surface area (Å²) in [6.45, 7) is 1.56. The molecule has 0 radical (unpaired) electrons. The third-order valence-corrected chi connectivity index (χ3v) is 4.30. The molecule has 2 N–H and O–H groups in total. The topological polar surface area (TPSA) is 82.8 Å². The molecule has 1 aromatic heterocycles. The molecule has 0 amide bonds. The number of carbonyl (C=O) groups is 2. The number of aromatic nitrogens is 1. The lowest BCUT2D eigenvalue weighted by atomic mass is 10.0. The fourth-order valence-corrected chi connectivity index (χ4v) is 3.25. The second-order valence-corrected chi connectivity index (χ2v) is 5.72. The van der Waals surface area contributed by atoms with Crippen LogP contribution in [0.3, 0.4) is 0 Å². The molecule has 1 fully saturated rings. The standard InChI is InChI=1S/C16H18N2O4/c1-17-9-12(14(16(21)22)18-6-2-3-7-18)11-5-4-10(15(19)20)8-13(11)17/h4-5,8-9,14H,2-3,6-7H2,1H3,(H,19,20)(H,21,22). The van der Waals surface area contributed by atoms with Gasteiger partial charge in [-0.3, -0.25) is 9.69 Å². The lowest BCUT2D eigenvalue weighted by Gasteiger charge is -2.23. The summed E-state index contributed by atoms with van der Waals surface area (Å²) in [7, 11) is 1.81. The monoisotopic (exact) mass is 302 g/mol. The lowest BCUT2D eigenvalue weighted by Crippen LogP contribution is -2.31. The van der Waals surface area contributed by atoms with E-state index in [9.17, 15) is 14.7 Å². The van der Waals surface area contributed by atoms with E-state index in [-0.39, 0.29) is 5.56 Å². The summed E-state index contributed by atoms with van der Waals surface area (Å²) in [6.07, 6.45) is 3.82. The maximum Gasteiger partial charge on any atom is 0.335 e. The maximum absolute atomic E-state index is 11.8. The number of hydrogen-bond acceptors (Lipinski definition) is 3. The number of aliphatic carboxylic acids is 1. The van der Waals surface area contributed by atoms with Crippen LogP contribution in [-0.4, -0.2) is 44.7 Å². The van der Waals surface area contributed by atoms with E-state index in [1.54, 1.807) is 29.9 Å². The van der Waals surface area contributed by atoms with Crippen LogP contribution in [0.25, 0.3) is 10.9 Å². The van der Waals surface area contributed by atoms with Gasteiger partial charge in [-0.25, -0.2) is 4.79 Å². The Bertz CT molecular complexity index is 744. The lowest BCUT2D eigenvalue weighted by molar-refractivity contribution is -0.143. The molecule has 1 unspecified atom stereocenters. The van der Waals surface area contributed by atoms with Crippen LogP contribution in [0.15, 0.2) is 24.4 Å². The van der Waals surface area contributed by atoms with Crippen molar-refractivity contribution in [2.24, 2.45) is 7.05 Å². The van der Waals surface area contributed by atoms with E-state index in [0.29, 0.717) is 0 Å². The van der Waals surface area contributed by atoms with Crippen LogP contribution in [0.2, 0.25) is 0 Å². The first kappa shape index (κ1) is 14.6. The summed E-state index contributed by atoms with van der Waals surface area (Å²) in [5, 5.41) is 19.6. The van der Waals surface area contributed by atoms with Gasteiger partial charge < -0.3 is 14.8 Å². The predicted molar refractivity (Wildman–Crippen MR) is 81.1 cm³/mol. The van der Waals surface area contributed by atoms with Gasteiger partial charge in [-0.1, -0.05) is 6.07 Å². The van der Waals surface area contributed by atoms with Crippen molar-refractivity contribution in [2.75, 3.05) is 13.1 Å². The van der Waals surface area contributed by atoms with E-state index < -0.39 is 18.0 Å². The van der Waals surface area contributed by atoms with Crippen molar-refractivity contribution in [3.63, 3.8) is 0 Å². The number of fused-ring (bicyclic) bond motifs is 1. The molecule has 1 aliphatic heterocycles. The van der Waals surface area contributed by atoms with Crippen molar-refractivity contribution >= 4 is 22.8 Å². The van der Waals surface area contributed by atoms with Gasteiger partial charge in [-0.2, -0.15) is 0 Å². The van der Waals surface area contributed by atoms with Crippen LogP contribution in [0, 0.1) is 0 Å². The molecule has 1 atom stereocenters. The quantitative estimate of drug-likeness (QED) is 0.903. The van der Waals surface area contributed by atoms with Crippen molar-refractivity contribution < 1.29 is 19.8 Å². The van der Waals surface area contributed by atoms with E-state index in [1.807, 2.05) is 4.90 Å². The SMILES string of the molecule is Cn1cc(C(C(=O)O)N2CCCC2)c2ccc(C(=O)O)cc21. The Morgan fingerprint density at radius 1 is 1.18 bits per heavy atom. The zero-order valence-corrected chi connectivity index (χ0v) is 12.3. The molecule has 2 aromatic rings. The van der Waals surface area contributed by atoms with Gasteiger partial charge in [0.25, 0.3) is 0 Å². The van der Waals surface area contributed by atoms with Crippen LogP contribution in [0.4, 0.5) is 0 Å². The van der Waals surface area contributed by atoms with E-state index in [0.717, 1.165) is 42.4 Å². The molecule has 0 bridgehead atoms. The number of likely N-dealkylation sites (tertiary alicyclic amines) is 1. The Balaban J connectivity index is 2.13. The second kappa shape index (κ2) is 5.46. The van der Waals surface area contributed by atoms with Gasteiger partial charge in [-0.05, 0) is 38.1 Å². The number of benzene rings is 1. The molecular formula is C16H18N2O4. The van der Waals surface area contributed by atoms with Crippen LogP contribution < -0.4 is 0 Å². The minimum absolute atomic E-state index is 0.202. The van der Waals surface area contributed by atoms with Gasteiger partial charge in [0, 0.05) is 29.7 Å². The number of aromatic carboxylic acids is 1. The van der Waals surface area contributed by atoms with E-state index in [4.69, 9.17) is 5.11 Å². The average Bonchev–Trinajstić information content (AvgIpc) is 3.08. The van der Waals surface area contributed by atoms with Crippen molar-refractivity contribution in [3.05, 3.63) is 35.5 Å². The third kappa shape index (κ3) is 2.35. The highest BCUT2D eigenvalue weighted by molar-refractivity contribution is 5.96. The number of carboxylic acids is 2. The summed E-state index contributed by atoms with van der Waals surface area (Å²) in [5.74, 6) is -1.85. The van der Waals surface area contributed by atoms with Crippen LogP contribution in [-0.2, 0) is 11.8 Å². The fraction of sp³-hybridized carbons (Fsp3) is 0.375. The Morgan fingerprint density at radius 2 is 1.86 bits per heavy atom. The van der Waals surface area contributed by atoms with E-state index in [1.165, 1.54) is 6.07 Å². The molecule has 1 aliphatic rings. The molecule has 116 valence electrons. The van der Waals surface area contributed by atoms with Crippen molar-refractivity contribution in [1.29, 1.82) is 0 Å². The first-order chi connectivity index (χ1) is 10.5. The molecule has 6 nitrogen and oxygen atoms in total. The summed E-state index contributed by atoms with van der Waals surface area (Å²) in [5.41, 5.74) is 1.66. The first-order valence-corrected chi connectivity index (χ1v) is 7.28. The fourth-order valence-electron chi connectivity index (χ4n) is 3.25. The zero-order valence-electron chi connectivity index (χ0n) is 12.3. The first-order valence-electron chi connectivity index (χ1n) is 7.28. The molecule has 22 heavy (non-hydrogen) atoms. The molecule has 1 aromatic carbocycles. The Kier molecular flexibility index (Phi) is 3.62. The average molecular weight is 302 g/mol. The number of rotatable bonds is 4. The van der Waals surface area contributed by atoms with Gasteiger partial charge in [0.2, 0.25) is 0 Å². The molecule has 0 saturated carbocycles. The molecule has 3 rings (SSSR count). The van der Waals surface area contributed by atoms with Gasteiger partial charge >= 0.3 is 11.9 Å². The van der Waals surface area contributed by atoms with Crippen LogP contribution >= 0.6 is 0 Å². The number of aryl methyl sites for hydroxylation is 1. The van der Waals surface area contributed by atoms with Crippen LogP contribution in [0.1, 0.15) is 34.8 Å². The Labute approximate surface area is 127 Å². The normalized spacial score (nSPS) is 17.0. The summed E-state index contributed by atoms with van der Waals surface area (Å²) >= 11 is 0. The third-order valence-electron chi connectivity index (χ3n) is 4.30. The van der Waals surface area contributed by atoms with Crippen molar-refractivity contribution in [1.82, 2.24) is 9.47 Å². The summed E-state index contributed by atoms with van der Waals surface area (Å²) in [4.78, 5) is 24.8. The van der Waals surface area contributed by atoms with Crippen molar-refractivity contribution in [2.45, 2.75) is 18.9 Å². The Morgan fingerprint density at radius 3 is 2.45 bits per heavy atom. The van der Waals surface area contributed by atoms with E-state index >= 15 is 0 Å². The zero-order chi connectivity index (χ0) is 15.9. The highest BCUT2D eigenvalue weighted by Crippen LogP contribution is 2.32. The second-order valence-electron chi connectivity index (χ2n) is 5.72. The Hall–Kier alpha value is -2.34. The van der Waals surface area contributed by atoms with E-state index in [2.05, 4.69) is 0 Å². The van der Waals surface area contributed by atoms with Gasteiger partial charge in [0.1, 0.15) is 6.04 Å². The van der Waals surface area contributed by atoms with Gasteiger partial charge in [-0.15, -0.1) is 0 Å². The molecule has 2 heterocycles. The van der Waals surface area contributed by atoms with Gasteiger partial charge in [0.15, 0.2) is 0 Å². The smallest absolute Gasteiger partial charge is 0.335 e.